The zero-order chi connectivity index (χ0) is 14.7. The fraction of sp³-hybridized carbons (Fsp3) is 0.250. The number of aromatic nitrogens is 3. The Kier molecular flexibility index (Phi) is 4.06. The molecule has 0 aliphatic carbocycles. The first kappa shape index (κ1) is 13.9. The van der Waals surface area contributed by atoms with Gasteiger partial charge in [0.25, 0.3) is 0 Å². The van der Waals surface area contributed by atoms with Crippen LogP contribution in [0, 0.1) is 0 Å². The summed E-state index contributed by atoms with van der Waals surface area (Å²) in [6, 6.07) is 9.99. The lowest BCUT2D eigenvalue weighted by Gasteiger charge is -2.10. The maximum Gasteiger partial charge on any atom is 0.129 e. The van der Waals surface area contributed by atoms with Gasteiger partial charge in [0.15, 0.2) is 0 Å². The first-order valence-corrected chi connectivity index (χ1v) is 7.45. The molecule has 4 nitrogen and oxygen atoms in total. The molecule has 21 heavy (non-hydrogen) atoms. The Hall–Kier alpha value is -2.07. The first-order chi connectivity index (χ1) is 10.3. The highest BCUT2D eigenvalue weighted by atomic mass is 35.5. The molecule has 1 N–H and O–H groups in total. The molecule has 2 heterocycles. The van der Waals surface area contributed by atoms with E-state index in [9.17, 15) is 0 Å². The maximum atomic E-state index is 6.14. The van der Waals surface area contributed by atoms with Gasteiger partial charge in [0.1, 0.15) is 5.82 Å². The van der Waals surface area contributed by atoms with Crippen LogP contribution in [-0.4, -0.2) is 14.5 Å². The summed E-state index contributed by atoms with van der Waals surface area (Å²) in [4.78, 5) is 8.80. The van der Waals surface area contributed by atoms with E-state index in [2.05, 4.69) is 27.9 Å². The predicted octanol–water partition coefficient (Wildman–Crippen LogP) is 4.11. The molecule has 1 aromatic carbocycles. The van der Waals surface area contributed by atoms with Crippen molar-refractivity contribution in [2.45, 2.75) is 26.4 Å². The van der Waals surface area contributed by atoms with E-state index < -0.39 is 0 Å². The van der Waals surface area contributed by atoms with Crippen molar-refractivity contribution in [3.63, 3.8) is 0 Å². The molecule has 0 atom stereocenters. The molecule has 0 radical (unpaired) electrons. The van der Waals surface area contributed by atoms with Crippen molar-refractivity contribution in [1.82, 2.24) is 14.5 Å². The van der Waals surface area contributed by atoms with Crippen LogP contribution >= 0.6 is 11.6 Å². The van der Waals surface area contributed by atoms with Gasteiger partial charge in [-0.25, -0.2) is 4.98 Å². The monoisotopic (exact) mass is 300 g/mol. The molecule has 108 valence electrons. The summed E-state index contributed by atoms with van der Waals surface area (Å²) in [5, 5.41) is 3.98. The second kappa shape index (κ2) is 6.14. The molecule has 3 rings (SSSR count). The van der Waals surface area contributed by atoms with Gasteiger partial charge in [0, 0.05) is 12.7 Å². The zero-order valence-electron chi connectivity index (χ0n) is 11.9. The number of para-hydroxylation sites is 2. The fourth-order valence-corrected chi connectivity index (χ4v) is 2.59. The summed E-state index contributed by atoms with van der Waals surface area (Å²) in [5.41, 5.74) is 3.03. The Morgan fingerprint density at radius 2 is 2.10 bits per heavy atom. The van der Waals surface area contributed by atoms with E-state index >= 15 is 0 Å². The number of aryl methyl sites for hydroxylation is 1. The Bertz CT molecular complexity index is 751. The third-order valence-electron chi connectivity index (χ3n) is 3.39. The molecule has 0 amide bonds. The molecule has 0 fully saturated rings. The van der Waals surface area contributed by atoms with Gasteiger partial charge in [-0.2, -0.15) is 0 Å². The normalized spacial score (nSPS) is 11.0. The fourth-order valence-electron chi connectivity index (χ4n) is 2.42. The Morgan fingerprint density at radius 3 is 2.90 bits per heavy atom. The summed E-state index contributed by atoms with van der Waals surface area (Å²) >= 11 is 6.14. The predicted molar refractivity (Wildman–Crippen MR) is 86.6 cm³/mol. The van der Waals surface area contributed by atoms with Crippen LogP contribution in [0.25, 0.3) is 11.0 Å². The number of hydrogen-bond donors (Lipinski definition) is 1. The van der Waals surface area contributed by atoms with E-state index in [1.807, 2.05) is 18.2 Å². The minimum absolute atomic E-state index is 0.625. The summed E-state index contributed by atoms with van der Waals surface area (Å²) in [5.74, 6) is 1.01. The molecule has 0 saturated heterocycles. The highest BCUT2D eigenvalue weighted by Crippen LogP contribution is 2.21. The Morgan fingerprint density at radius 1 is 1.24 bits per heavy atom. The molecule has 0 bridgehead atoms. The zero-order valence-corrected chi connectivity index (χ0v) is 12.6. The Labute approximate surface area is 128 Å². The summed E-state index contributed by atoms with van der Waals surface area (Å²) in [6.45, 7) is 3.75. The number of fused-ring (bicyclic) bond motifs is 1. The number of hydrogen-bond acceptors (Lipinski definition) is 3. The molecule has 3 aromatic rings. The van der Waals surface area contributed by atoms with Gasteiger partial charge in [-0.3, -0.25) is 4.98 Å². The average molecular weight is 301 g/mol. The van der Waals surface area contributed by atoms with Crippen LogP contribution in [0.4, 0.5) is 5.69 Å². The van der Waals surface area contributed by atoms with Crippen molar-refractivity contribution in [2.75, 3.05) is 5.32 Å². The first-order valence-electron chi connectivity index (χ1n) is 7.07. The lowest BCUT2D eigenvalue weighted by molar-refractivity contribution is 0.661. The third-order valence-corrected chi connectivity index (χ3v) is 3.72. The van der Waals surface area contributed by atoms with Gasteiger partial charge in [0.05, 0.1) is 34.5 Å². The van der Waals surface area contributed by atoms with Crippen molar-refractivity contribution >= 4 is 28.3 Å². The second-order valence-electron chi connectivity index (χ2n) is 4.88. The van der Waals surface area contributed by atoms with Gasteiger partial charge in [-0.15, -0.1) is 0 Å². The molecule has 5 heteroatoms. The van der Waals surface area contributed by atoms with E-state index in [-0.39, 0.29) is 0 Å². The molecule has 0 aliphatic rings. The van der Waals surface area contributed by atoms with Gasteiger partial charge in [-0.05, 0) is 24.6 Å². The van der Waals surface area contributed by atoms with Crippen molar-refractivity contribution in [1.29, 1.82) is 0 Å². The van der Waals surface area contributed by atoms with E-state index in [1.165, 1.54) is 5.52 Å². The molecule has 2 aromatic heterocycles. The number of halogens is 1. The standard InChI is InChI=1S/C16H17ClN4/c1-2-9-21-15-6-4-3-5-13(15)20-16(21)11-19-14-10-18-8-7-12(14)17/h3-8,10,19H,2,9,11H2,1H3. The molecule has 0 spiro atoms. The van der Waals surface area contributed by atoms with E-state index in [0.717, 1.165) is 30.0 Å². The highest BCUT2D eigenvalue weighted by molar-refractivity contribution is 6.33. The number of imidazole rings is 1. The topological polar surface area (TPSA) is 42.7 Å². The van der Waals surface area contributed by atoms with Crippen LogP contribution in [0.3, 0.4) is 0 Å². The average Bonchev–Trinajstić information content (AvgIpc) is 2.85. The highest BCUT2D eigenvalue weighted by Gasteiger charge is 2.10. The Balaban J connectivity index is 1.89. The van der Waals surface area contributed by atoms with Crippen molar-refractivity contribution < 1.29 is 0 Å². The number of benzene rings is 1. The molecule has 0 saturated carbocycles. The molecule has 0 unspecified atom stereocenters. The van der Waals surface area contributed by atoms with Crippen LogP contribution in [0.2, 0.25) is 5.02 Å². The van der Waals surface area contributed by atoms with Crippen LogP contribution < -0.4 is 5.32 Å². The number of rotatable bonds is 5. The van der Waals surface area contributed by atoms with Crippen LogP contribution in [0.15, 0.2) is 42.7 Å². The maximum absolute atomic E-state index is 6.14. The lowest BCUT2D eigenvalue weighted by Crippen LogP contribution is -2.09. The minimum atomic E-state index is 0.625. The SMILES string of the molecule is CCCn1c(CNc2cnccc2Cl)nc2ccccc21. The van der Waals surface area contributed by atoms with Crippen LogP contribution in [0.1, 0.15) is 19.2 Å². The number of nitrogens with zero attached hydrogens (tertiary/aromatic N) is 3. The van der Waals surface area contributed by atoms with Gasteiger partial charge in [0.2, 0.25) is 0 Å². The summed E-state index contributed by atoms with van der Waals surface area (Å²) in [7, 11) is 0. The van der Waals surface area contributed by atoms with Crippen molar-refractivity contribution in [3.05, 3.63) is 53.6 Å². The third kappa shape index (κ3) is 2.85. The quantitative estimate of drug-likeness (QED) is 0.771. The van der Waals surface area contributed by atoms with Gasteiger partial charge < -0.3 is 9.88 Å². The molecule has 0 aliphatic heterocycles. The van der Waals surface area contributed by atoms with E-state index in [1.54, 1.807) is 18.5 Å². The molecular weight excluding hydrogens is 284 g/mol. The van der Waals surface area contributed by atoms with Gasteiger partial charge in [-0.1, -0.05) is 30.7 Å². The minimum Gasteiger partial charge on any atom is -0.375 e. The smallest absolute Gasteiger partial charge is 0.129 e. The van der Waals surface area contributed by atoms with E-state index in [0.29, 0.717) is 11.6 Å². The van der Waals surface area contributed by atoms with Gasteiger partial charge >= 0.3 is 0 Å². The lowest BCUT2D eigenvalue weighted by atomic mass is 10.3. The van der Waals surface area contributed by atoms with Crippen molar-refractivity contribution in [2.24, 2.45) is 0 Å². The second-order valence-corrected chi connectivity index (χ2v) is 5.28. The number of nitrogens with one attached hydrogen (secondary N) is 1. The largest absolute Gasteiger partial charge is 0.375 e. The molecular formula is C16H17ClN4. The summed E-state index contributed by atoms with van der Waals surface area (Å²) in [6.07, 6.45) is 4.48. The summed E-state index contributed by atoms with van der Waals surface area (Å²) < 4.78 is 2.26. The van der Waals surface area contributed by atoms with Crippen molar-refractivity contribution in [3.8, 4) is 0 Å². The van der Waals surface area contributed by atoms with Crippen LogP contribution in [0.5, 0.6) is 0 Å². The number of pyridine rings is 1. The van der Waals surface area contributed by atoms with E-state index in [4.69, 9.17) is 16.6 Å². The van der Waals surface area contributed by atoms with Crippen LogP contribution in [-0.2, 0) is 13.1 Å². The number of anilines is 1.